The molecule has 0 unspecified atom stereocenters. The van der Waals surface area contributed by atoms with Gasteiger partial charge in [0.1, 0.15) is 37.6 Å². The van der Waals surface area contributed by atoms with E-state index in [1.54, 1.807) is 0 Å². The Hall–Kier alpha value is -2.58. The molecule has 7 nitrogen and oxygen atoms in total. The number of nitrogens with zero attached hydrogens (tertiary/aromatic N) is 6. The van der Waals surface area contributed by atoms with Crippen LogP contribution in [-0.4, -0.2) is 169 Å². The monoisotopic (exact) mass is 1630 g/mol. The molecule has 0 aliphatic carbocycles. The summed E-state index contributed by atoms with van der Waals surface area (Å²) in [6, 6.07) is 66.6. The first-order chi connectivity index (χ1) is 45.4. The summed E-state index contributed by atoms with van der Waals surface area (Å²) >= 11 is 4.20. The lowest BCUT2D eigenvalue weighted by molar-refractivity contribution is -0.957. The van der Waals surface area contributed by atoms with Crippen LogP contribution in [0.3, 0.4) is 0 Å². The lowest BCUT2D eigenvalue weighted by Gasteiger charge is -2.45. The zero-order chi connectivity index (χ0) is 65.0. The molecule has 528 valence electrons. The Morgan fingerprint density at radius 1 is 0.344 bits per heavy atom. The summed E-state index contributed by atoms with van der Waals surface area (Å²) in [4.78, 5) is 0. The molecule has 12 heteroatoms. The topological polar surface area (TPSA) is 20.2 Å². The minimum absolute atomic E-state index is 0. The number of quaternary nitrogens is 6. The molecule has 2 spiro atoms. The molecule has 7 fully saturated rings. The molecular formula is C84H126BrI2N6OS2+3. The minimum Gasteiger partial charge on any atom is -1.00 e. The number of halogens is 3. The fraction of sp³-hybridized carbons (Fsp3) is 0.548. The van der Waals surface area contributed by atoms with Crippen LogP contribution in [-0.2, 0) is 26.2 Å². The number of aliphatic hydroxyl groups is 1. The van der Waals surface area contributed by atoms with E-state index in [2.05, 4.69) is 252 Å². The van der Waals surface area contributed by atoms with Gasteiger partial charge in [0, 0.05) is 58.1 Å². The van der Waals surface area contributed by atoms with E-state index >= 15 is 0 Å². The average molecular weight is 1630 g/mol. The molecule has 6 aromatic rings. The second-order valence-corrected chi connectivity index (χ2v) is 32.6. The highest BCUT2D eigenvalue weighted by atomic mass is 127. The zero-order valence-electron chi connectivity index (χ0n) is 60.0. The quantitative estimate of drug-likeness (QED) is 0.0752. The van der Waals surface area contributed by atoms with Gasteiger partial charge in [-0.1, -0.05) is 165 Å². The van der Waals surface area contributed by atoms with E-state index in [1.807, 2.05) is 0 Å². The molecule has 0 atom stereocenters. The maximum Gasteiger partial charge on any atom is 0.133 e. The van der Waals surface area contributed by atoms with Gasteiger partial charge in [-0.05, 0) is 141 Å². The molecule has 0 bridgehead atoms. The van der Waals surface area contributed by atoms with Gasteiger partial charge < -0.3 is 88.0 Å². The molecule has 1 N–H and O–H groups in total. The van der Waals surface area contributed by atoms with Crippen molar-refractivity contribution in [1.29, 1.82) is 0 Å². The number of para-hydroxylation sites is 2. The Bertz CT molecular complexity index is 2950. The van der Waals surface area contributed by atoms with Gasteiger partial charge in [-0.25, -0.2) is 0 Å². The molecule has 8 aliphatic heterocycles. The average Bonchev–Trinajstić information content (AvgIpc) is 1.42. The zero-order valence-corrected chi connectivity index (χ0v) is 67.6. The number of piperidine rings is 5. The van der Waals surface area contributed by atoms with Gasteiger partial charge in [0.15, 0.2) is 0 Å². The van der Waals surface area contributed by atoms with Crippen molar-refractivity contribution in [2.45, 2.75) is 162 Å². The molecule has 6 aromatic carbocycles. The fourth-order valence-electron chi connectivity index (χ4n) is 16.6. The predicted molar refractivity (Wildman–Crippen MR) is 405 cm³/mol. The first kappa shape index (κ1) is 82.4. The summed E-state index contributed by atoms with van der Waals surface area (Å²) in [7, 11) is 0. The van der Waals surface area contributed by atoms with Gasteiger partial charge in [-0.2, -0.15) is 23.5 Å². The Balaban J connectivity index is 0.000000183. The highest BCUT2D eigenvalue weighted by Crippen LogP contribution is 2.34. The highest BCUT2D eigenvalue weighted by Gasteiger charge is 2.39. The van der Waals surface area contributed by atoms with Gasteiger partial charge in [0.25, 0.3) is 0 Å². The Morgan fingerprint density at radius 3 is 0.979 bits per heavy atom. The molecule has 0 aromatic heterocycles. The van der Waals surface area contributed by atoms with Gasteiger partial charge in [-0.15, -0.1) is 0 Å². The predicted octanol–water partition coefficient (Wildman–Crippen LogP) is 9.03. The third kappa shape index (κ3) is 25.1. The van der Waals surface area contributed by atoms with Gasteiger partial charge in [0.05, 0.1) is 123 Å². The van der Waals surface area contributed by atoms with Crippen LogP contribution in [0, 0.1) is 5.92 Å². The van der Waals surface area contributed by atoms with E-state index in [4.69, 9.17) is 0 Å². The number of hydrogen-bond donors (Lipinski definition) is 1. The number of thioether (sulfide) groups is 2. The van der Waals surface area contributed by atoms with E-state index < -0.39 is 0 Å². The summed E-state index contributed by atoms with van der Waals surface area (Å²) in [6.07, 6.45) is 22.8. The van der Waals surface area contributed by atoms with E-state index in [0.29, 0.717) is 6.04 Å². The first-order valence-electron chi connectivity index (χ1n) is 37.2. The Labute approximate surface area is 638 Å². The summed E-state index contributed by atoms with van der Waals surface area (Å²) in [5.41, 5.74) is 8.58. The van der Waals surface area contributed by atoms with Gasteiger partial charge in [0.2, 0.25) is 0 Å². The Kier molecular flexibility index (Phi) is 36.7. The summed E-state index contributed by atoms with van der Waals surface area (Å²) < 4.78 is 7.52. The van der Waals surface area contributed by atoms with Crippen LogP contribution in [0.2, 0.25) is 0 Å². The van der Waals surface area contributed by atoms with Gasteiger partial charge >= 0.3 is 0 Å². The third-order valence-corrected chi connectivity index (χ3v) is 25.1. The maximum absolute atomic E-state index is 9.84. The van der Waals surface area contributed by atoms with E-state index in [9.17, 15) is 5.11 Å². The largest absolute Gasteiger partial charge is 1.00 e. The van der Waals surface area contributed by atoms with Crippen molar-refractivity contribution in [2.24, 2.45) is 5.92 Å². The third-order valence-electron chi connectivity index (χ3n) is 23.2. The van der Waals surface area contributed by atoms with Crippen LogP contribution in [0.25, 0.3) is 0 Å². The lowest BCUT2D eigenvalue weighted by atomic mass is 9.94. The van der Waals surface area contributed by atoms with E-state index in [0.717, 1.165) is 66.5 Å². The molecular weight excluding hydrogens is 1510 g/mol. The van der Waals surface area contributed by atoms with Crippen LogP contribution in [0.5, 0.6) is 0 Å². The standard InChI is InChI=1S/C18H22NO.C17H20NS.C14H22NS.C14H20N.C11H22N.C10H20N.BrH.2HI/c20-18-11-13-19(14-12-18,17-9-5-2-6-10-17)15-16-7-3-1-4-8-16;1-3-7-16(8-4-1)15-18(11-13-19-14-12-18)17-9-5-2-6-10-17;1-13(2)15(8-10-16-11-9-15)12-14-6-4-3-5-7-14;1-13(2)15(10-6-7-11-15)12-14-8-4-3-5-9-14;1-11-5-9-12(10-6-11)7-3-2-4-8-12;1-3-7-11(8-4-1)9-5-2-6-10-11;;;/h1-10,18,20H,11-15H2;1-10H,11-15H2;3-7,13H,8-12H2,1-2H3;3-9,13H,10-12H2,1-2H3;11H,2-10H2,1H3;1-10H2;3*1H/q6*+1;;;/p-3. The number of benzene rings is 6. The van der Waals surface area contributed by atoms with Gasteiger partial charge in [-0.3, -0.25) is 8.97 Å². The second kappa shape index (κ2) is 42.7. The normalized spacial score (nSPS) is 22.6. The molecule has 0 amide bonds. The van der Waals surface area contributed by atoms with Crippen molar-refractivity contribution in [3.63, 3.8) is 0 Å². The number of hydrogen-bond acceptors (Lipinski definition) is 3. The number of aliphatic hydroxyl groups excluding tert-OH is 1. The highest BCUT2D eigenvalue weighted by molar-refractivity contribution is 7.99. The first-order valence-corrected chi connectivity index (χ1v) is 39.6. The van der Waals surface area contributed by atoms with Crippen molar-refractivity contribution in [3.8, 4) is 0 Å². The summed E-state index contributed by atoms with van der Waals surface area (Å²) in [5, 5.41) is 9.84. The van der Waals surface area contributed by atoms with Crippen LogP contribution in [0.4, 0.5) is 11.4 Å². The summed E-state index contributed by atoms with van der Waals surface area (Å²) in [6.45, 7) is 37.8. The second-order valence-electron chi connectivity index (χ2n) is 30.1. The summed E-state index contributed by atoms with van der Waals surface area (Å²) in [5.74, 6) is 6.19. The smallest absolute Gasteiger partial charge is 0.133 e. The van der Waals surface area contributed by atoms with Crippen molar-refractivity contribution in [3.05, 3.63) is 216 Å². The molecule has 8 heterocycles. The minimum atomic E-state index is -0.124. The molecule has 14 rings (SSSR count). The molecule has 0 saturated carbocycles. The Morgan fingerprint density at radius 2 is 0.635 bits per heavy atom. The molecule has 0 radical (unpaired) electrons. The molecule has 8 aliphatic rings. The maximum atomic E-state index is 9.84. The molecule has 96 heavy (non-hydrogen) atoms. The van der Waals surface area contributed by atoms with E-state index in [-0.39, 0.29) is 71.0 Å². The van der Waals surface area contributed by atoms with Crippen molar-refractivity contribution in [1.82, 2.24) is 8.97 Å². The molecule has 7 saturated heterocycles. The van der Waals surface area contributed by atoms with E-state index in [1.165, 1.54) is 243 Å². The van der Waals surface area contributed by atoms with Crippen LogP contribution in [0.15, 0.2) is 194 Å². The van der Waals surface area contributed by atoms with Crippen molar-refractivity contribution in [2.75, 3.05) is 128 Å². The number of rotatable bonds is 12. The van der Waals surface area contributed by atoms with Crippen molar-refractivity contribution >= 4 is 34.9 Å². The lowest BCUT2D eigenvalue weighted by Crippen LogP contribution is -3.00. The van der Waals surface area contributed by atoms with Crippen LogP contribution >= 0.6 is 23.5 Å². The van der Waals surface area contributed by atoms with Crippen molar-refractivity contribution < 1.29 is 88.0 Å². The fourth-order valence-corrected chi connectivity index (χ4v) is 19.0. The van der Waals surface area contributed by atoms with Crippen LogP contribution < -0.4 is 73.9 Å². The SMILES string of the molecule is C1CC[N+]2(CC1)CCCCC2.CC(C)[N+]1(Cc2ccccc2)CC=CC1.CC(C)[N+]1(Cc2ccccc2)CCSCC1.CC1CC[N+]2(CCCCC2)CC1.OC1CC[N+](Cc2ccccc2)(c2ccccc2)CC1.[Br-].[I-].[I-].c1ccc(C[N+]2(c3ccccc3)CCSCC2)cc1. The van der Waals surface area contributed by atoms with Crippen LogP contribution in [0.1, 0.15) is 140 Å². The number of likely N-dealkylation sites (tertiary alicyclic amines) is 1.